The van der Waals surface area contributed by atoms with Gasteiger partial charge in [0, 0.05) is 12.4 Å². The monoisotopic (exact) mass is 269 g/mol. The molecule has 4 nitrogen and oxygen atoms in total. The largest absolute Gasteiger partial charge is 0.480 e. The zero-order chi connectivity index (χ0) is 14.2. The molecule has 0 bridgehead atoms. The van der Waals surface area contributed by atoms with Crippen molar-refractivity contribution in [1.82, 2.24) is 9.97 Å². The zero-order valence-corrected chi connectivity index (χ0v) is 11.8. The average Bonchev–Trinajstić information content (AvgIpc) is 2.51. The van der Waals surface area contributed by atoms with Crippen molar-refractivity contribution in [2.24, 2.45) is 5.73 Å². The van der Waals surface area contributed by atoms with Crippen LogP contribution in [-0.4, -0.2) is 17.1 Å². The Morgan fingerprint density at radius 1 is 1.25 bits per heavy atom. The minimum atomic E-state index is -0.622. The van der Waals surface area contributed by atoms with E-state index in [1.165, 1.54) is 5.56 Å². The standard InChI is InChI=1S/C16H19N3O/c1-11-7-8-16(17,13-6-4-3-5-12(11)13)14-15(20-2)19-10-9-18-14/h3-6,9-11H,7-8,17H2,1-2H3. The van der Waals surface area contributed by atoms with Gasteiger partial charge in [-0.2, -0.15) is 0 Å². The highest BCUT2D eigenvalue weighted by Crippen LogP contribution is 2.44. The van der Waals surface area contributed by atoms with E-state index in [9.17, 15) is 0 Å². The minimum absolute atomic E-state index is 0.513. The summed E-state index contributed by atoms with van der Waals surface area (Å²) in [5, 5.41) is 0. The maximum atomic E-state index is 6.75. The highest BCUT2D eigenvalue weighted by atomic mass is 16.5. The Morgan fingerprint density at radius 2 is 2.00 bits per heavy atom. The summed E-state index contributed by atoms with van der Waals surface area (Å²) >= 11 is 0. The third-order valence-corrected chi connectivity index (χ3v) is 4.22. The Bertz CT molecular complexity index is 629. The molecular formula is C16H19N3O. The maximum absolute atomic E-state index is 6.75. The SMILES string of the molecule is COc1nccnc1C1(N)CCC(C)c2ccccc21. The molecule has 1 aliphatic rings. The van der Waals surface area contributed by atoms with Crippen LogP contribution < -0.4 is 10.5 Å². The molecule has 20 heavy (non-hydrogen) atoms. The van der Waals surface area contributed by atoms with Crippen LogP contribution in [0, 0.1) is 0 Å². The lowest BCUT2D eigenvalue weighted by molar-refractivity contribution is 0.348. The number of nitrogens with two attached hydrogens (primary N) is 1. The van der Waals surface area contributed by atoms with Crippen molar-refractivity contribution >= 4 is 0 Å². The number of rotatable bonds is 2. The highest BCUT2D eigenvalue weighted by molar-refractivity contribution is 5.46. The van der Waals surface area contributed by atoms with Gasteiger partial charge in [-0.05, 0) is 29.9 Å². The number of aromatic nitrogens is 2. The van der Waals surface area contributed by atoms with Crippen LogP contribution in [0.25, 0.3) is 0 Å². The molecule has 1 aromatic heterocycles. The number of methoxy groups -OCH3 is 1. The fourth-order valence-corrected chi connectivity index (χ4v) is 3.09. The van der Waals surface area contributed by atoms with Crippen molar-refractivity contribution in [3.8, 4) is 5.88 Å². The summed E-state index contributed by atoms with van der Waals surface area (Å²) in [7, 11) is 1.61. The lowest BCUT2D eigenvalue weighted by Gasteiger charge is -2.38. The van der Waals surface area contributed by atoms with E-state index < -0.39 is 5.54 Å². The summed E-state index contributed by atoms with van der Waals surface area (Å²) in [5.74, 6) is 1.03. The number of ether oxygens (including phenoxy) is 1. The fourth-order valence-electron chi connectivity index (χ4n) is 3.09. The van der Waals surface area contributed by atoms with E-state index >= 15 is 0 Å². The number of hydrogen-bond acceptors (Lipinski definition) is 4. The first-order chi connectivity index (χ1) is 9.66. The quantitative estimate of drug-likeness (QED) is 0.910. The molecular weight excluding hydrogens is 250 g/mol. The second kappa shape index (κ2) is 4.87. The van der Waals surface area contributed by atoms with Crippen LogP contribution in [0.1, 0.15) is 42.5 Å². The van der Waals surface area contributed by atoms with Gasteiger partial charge in [-0.3, -0.25) is 4.98 Å². The van der Waals surface area contributed by atoms with E-state index in [1.807, 2.05) is 6.07 Å². The van der Waals surface area contributed by atoms with Gasteiger partial charge in [-0.25, -0.2) is 4.98 Å². The molecule has 1 aliphatic carbocycles. The highest BCUT2D eigenvalue weighted by Gasteiger charge is 2.40. The number of hydrogen-bond donors (Lipinski definition) is 1. The molecule has 3 rings (SSSR count). The van der Waals surface area contributed by atoms with Gasteiger partial charge in [0.1, 0.15) is 5.69 Å². The van der Waals surface area contributed by atoms with Gasteiger partial charge in [-0.15, -0.1) is 0 Å². The molecule has 0 aliphatic heterocycles. The van der Waals surface area contributed by atoms with Crippen molar-refractivity contribution in [2.45, 2.75) is 31.2 Å². The van der Waals surface area contributed by atoms with Crippen molar-refractivity contribution in [3.05, 3.63) is 53.5 Å². The number of nitrogens with zero attached hydrogens (tertiary/aromatic N) is 2. The molecule has 0 saturated heterocycles. The first-order valence-corrected chi connectivity index (χ1v) is 6.90. The Balaban J connectivity index is 2.20. The molecule has 2 N–H and O–H groups in total. The van der Waals surface area contributed by atoms with Crippen molar-refractivity contribution in [3.63, 3.8) is 0 Å². The number of benzene rings is 1. The van der Waals surface area contributed by atoms with Crippen LogP contribution in [0.2, 0.25) is 0 Å². The number of fused-ring (bicyclic) bond motifs is 1. The Labute approximate surface area is 119 Å². The van der Waals surface area contributed by atoms with Crippen LogP contribution in [0.15, 0.2) is 36.7 Å². The predicted octanol–water partition coefficient (Wildman–Crippen LogP) is 2.58. The molecule has 4 heteroatoms. The van der Waals surface area contributed by atoms with Crippen LogP contribution in [0.3, 0.4) is 0 Å². The average molecular weight is 269 g/mol. The molecule has 2 unspecified atom stereocenters. The predicted molar refractivity (Wildman–Crippen MR) is 77.6 cm³/mol. The van der Waals surface area contributed by atoms with E-state index in [4.69, 9.17) is 10.5 Å². The van der Waals surface area contributed by atoms with Gasteiger partial charge >= 0.3 is 0 Å². The first-order valence-electron chi connectivity index (χ1n) is 6.90. The lowest BCUT2D eigenvalue weighted by atomic mass is 9.71. The molecule has 0 amide bonds. The van der Waals surface area contributed by atoms with Gasteiger partial charge < -0.3 is 10.5 Å². The van der Waals surface area contributed by atoms with E-state index in [1.54, 1.807) is 19.5 Å². The smallest absolute Gasteiger partial charge is 0.237 e. The second-order valence-electron chi connectivity index (χ2n) is 5.41. The molecule has 0 spiro atoms. The topological polar surface area (TPSA) is 61.0 Å². The molecule has 0 radical (unpaired) electrons. The van der Waals surface area contributed by atoms with Crippen molar-refractivity contribution < 1.29 is 4.74 Å². The molecule has 2 atom stereocenters. The van der Waals surface area contributed by atoms with Gasteiger partial charge in [0.25, 0.3) is 0 Å². The molecule has 1 heterocycles. The van der Waals surface area contributed by atoms with E-state index in [-0.39, 0.29) is 0 Å². The first kappa shape index (κ1) is 13.1. The van der Waals surface area contributed by atoms with Gasteiger partial charge in [0.05, 0.1) is 12.6 Å². The minimum Gasteiger partial charge on any atom is -0.480 e. The molecule has 104 valence electrons. The molecule has 2 aromatic rings. The maximum Gasteiger partial charge on any atom is 0.237 e. The van der Waals surface area contributed by atoms with E-state index in [2.05, 4.69) is 35.1 Å². The van der Waals surface area contributed by atoms with Gasteiger partial charge in [0.2, 0.25) is 5.88 Å². The Hall–Kier alpha value is -1.94. The third-order valence-electron chi connectivity index (χ3n) is 4.22. The van der Waals surface area contributed by atoms with E-state index in [0.29, 0.717) is 11.8 Å². The zero-order valence-electron chi connectivity index (χ0n) is 11.8. The van der Waals surface area contributed by atoms with Gasteiger partial charge in [-0.1, -0.05) is 31.2 Å². The summed E-state index contributed by atoms with van der Waals surface area (Å²) in [6, 6.07) is 8.35. The summed E-state index contributed by atoms with van der Waals surface area (Å²) < 4.78 is 5.35. The van der Waals surface area contributed by atoms with Crippen LogP contribution in [-0.2, 0) is 5.54 Å². The van der Waals surface area contributed by atoms with E-state index in [0.717, 1.165) is 24.1 Å². The Morgan fingerprint density at radius 3 is 2.80 bits per heavy atom. The van der Waals surface area contributed by atoms with Gasteiger partial charge in [0.15, 0.2) is 0 Å². The Kier molecular flexibility index (Phi) is 3.18. The summed E-state index contributed by atoms with van der Waals surface area (Å²) in [6.45, 7) is 2.24. The lowest BCUT2D eigenvalue weighted by Crippen LogP contribution is -2.43. The molecule has 0 fully saturated rings. The summed E-state index contributed by atoms with van der Waals surface area (Å²) in [4.78, 5) is 8.70. The summed E-state index contributed by atoms with van der Waals surface area (Å²) in [6.07, 6.45) is 5.18. The molecule has 1 aromatic carbocycles. The summed E-state index contributed by atoms with van der Waals surface area (Å²) in [5.41, 5.74) is 9.29. The second-order valence-corrected chi connectivity index (χ2v) is 5.41. The van der Waals surface area contributed by atoms with Crippen LogP contribution >= 0.6 is 0 Å². The van der Waals surface area contributed by atoms with Crippen LogP contribution in [0.4, 0.5) is 0 Å². The molecule has 0 saturated carbocycles. The van der Waals surface area contributed by atoms with Crippen LogP contribution in [0.5, 0.6) is 5.88 Å². The fraction of sp³-hybridized carbons (Fsp3) is 0.375. The van der Waals surface area contributed by atoms with Crippen molar-refractivity contribution in [1.29, 1.82) is 0 Å². The normalized spacial score (nSPS) is 25.1. The third kappa shape index (κ3) is 1.88. The van der Waals surface area contributed by atoms with Crippen molar-refractivity contribution in [2.75, 3.05) is 7.11 Å².